The maximum atomic E-state index is 10.3. The van der Waals surface area contributed by atoms with Crippen molar-refractivity contribution in [2.45, 2.75) is 85.5 Å². The molecule has 0 heterocycles. The quantitative estimate of drug-likeness (QED) is 0.410. The summed E-state index contributed by atoms with van der Waals surface area (Å²) in [5.41, 5.74) is 4.65. The van der Waals surface area contributed by atoms with Crippen molar-refractivity contribution in [1.82, 2.24) is 0 Å². The maximum Gasteiger partial charge on any atom is 0.118 e. The van der Waals surface area contributed by atoms with Crippen LogP contribution in [-0.4, -0.2) is 10.2 Å². The second-order valence-electron chi connectivity index (χ2n) is 9.34. The molecule has 2 aromatic rings. The molecule has 0 spiro atoms. The summed E-state index contributed by atoms with van der Waals surface area (Å²) in [7, 11) is 0. The van der Waals surface area contributed by atoms with Crippen molar-refractivity contribution in [1.29, 1.82) is 0 Å². The van der Waals surface area contributed by atoms with Crippen LogP contribution >= 0.6 is 0 Å². The van der Waals surface area contributed by atoms with Crippen molar-refractivity contribution in [2.24, 2.45) is 11.8 Å². The van der Waals surface area contributed by atoms with Gasteiger partial charge in [0, 0.05) is 5.92 Å². The minimum Gasteiger partial charge on any atom is -0.508 e. The van der Waals surface area contributed by atoms with Crippen LogP contribution in [0.3, 0.4) is 0 Å². The molecule has 0 saturated heterocycles. The van der Waals surface area contributed by atoms with Crippen LogP contribution in [0.15, 0.2) is 36.4 Å². The van der Waals surface area contributed by atoms with E-state index in [1.54, 1.807) is 0 Å². The molecule has 2 N–H and O–H groups in total. The maximum absolute atomic E-state index is 10.3. The Balaban J connectivity index is 2.36. The highest BCUT2D eigenvalue weighted by atomic mass is 16.3. The van der Waals surface area contributed by atoms with E-state index in [0.717, 1.165) is 56.1 Å². The average Bonchev–Trinajstić information content (AvgIpc) is 2.68. The molecule has 0 aliphatic carbocycles. The van der Waals surface area contributed by atoms with E-state index in [0.29, 0.717) is 29.3 Å². The van der Waals surface area contributed by atoms with Gasteiger partial charge in [-0.25, -0.2) is 0 Å². The van der Waals surface area contributed by atoms with E-state index in [4.69, 9.17) is 0 Å². The Bertz CT molecular complexity index is 700. The van der Waals surface area contributed by atoms with Gasteiger partial charge in [-0.05, 0) is 78.3 Å². The third-order valence-corrected chi connectivity index (χ3v) is 5.84. The first-order chi connectivity index (χ1) is 13.8. The van der Waals surface area contributed by atoms with Crippen LogP contribution in [0.1, 0.15) is 94.9 Å². The number of benzene rings is 2. The van der Waals surface area contributed by atoms with E-state index >= 15 is 0 Å². The monoisotopic (exact) mass is 396 g/mol. The lowest BCUT2D eigenvalue weighted by atomic mass is 9.84. The van der Waals surface area contributed by atoms with Gasteiger partial charge in [-0.15, -0.1) is 0 Å². The number of rotatable bonds is 11. The van der Waals surface area contributed by atoms with Gasteiger partial charge in [0.2, 0.25) is 0 Å². The third kappa shape index (κ3) is 7.10. The second-order valence-corrected chi connectivity index (χ2v) is 9.34. The molecule has 0 aromatic heterocycles. The molecule has 160 valence electrons. The highest BCUT2D eigenvalue weighted by molar-refractivity contribution is 5.44. The Labute approximate surface area is 178 Å². The number of aryl methyl sites for hydroxylation is 2. The van der Waals surface area contributed by atoms with Gasteiger partial charge in [-0.2, -0.15) is 0 Å². The van der Waals surface area contributed by atoms with E-state index in [2.05, 4.69) is 58.9 Å². The van der Waals surface area contributed by atoms with Crippen molar-refractivity contribution < 1.29 is 10.2 Å². The minimum atomic E-state index is 0.298. The smallest absolute Gasteiger partial charge is 0.118 e. The van der Waals surface area contributed by atoms with E-state index in [-0.39, 0.29) is 0 Å². The van der Waals surface area contributed by atoms with Gasteiger partial charge in [0.1, 0.15) is 11.5 Å². The average molecular weight is 397 g/mol. The van der Waals surface area contributed by atoms with Crippen LogP contribution in [0.5, 0.6) is 11.5 Å². The van der Waals surface area contributed by atoms with Gasteiger partial charge in [0.25, 0.3) is 0 Å². The number of hydrogen-bond donors (Lipinski definition) is 2. The largest absolute Gasteiger partial charge is 0.508 e. The molecule has 0 atom stereocenters. The van der Waals surface area contributed by atoms with Gasteiger partial charge in [-0.3, -0.25) is 0 Å². The Morgan fingerprint density at radius 3 is 1.52 bits per heavy atom. The minimum absolute atomic E-state index is 0.298. The second kappa shape index (κ2) is 11.3. The Morgan fingerprint density at radius 1 is 0.690 bits per heavy atom. The molecule has 0 aliphatic heterocycles. The first-order valence-electron chi connectivity index (χ1n) is 11.4. The molecular weight excluding hydrogens is 356 g/mol. The molecule has 0 aliphatic rings. The zero-order valence-corrected chi connectivity index (χ0v) is 19.0. The van der Waals surface area contributed by atoms with E-state index in [9.17, 15) is 10.2 Å². The van der Waals surface area contributed by atoms with Crippen molar-refractivity contribution >= 4 is 0 Å². The van der Waals surface area contributed by atoms with Gasteiger partial charge in [-0.1, -0.05) is 71.7 Å². The summed E-state index contributed by atoms with van der Waals surface area (Å²) in [6.45, 7) is 11.1. The van der Waals surface area contributed by atoms with E-state index in [1.807, 2.05) is 12.1 Å². The summed E-state index contributed by atoms with van der Waals surface area (Å²) in [4.78, 5) is 0. The van der Waals surface area contributed by atoms with Crippen LogP contribution < -0.4 is 0 Å². The molecule has 29 heavy (non-hydrogen) atoms. The summed E-state index contributed by atoms with van der Waals surface area (Å²) in [6.07, 6.45) is 7.38. The van der Waals surface area contributed by atoms with Gasteiger partial charge in [0.15, 0.2) is 0 Å². The predicted octanol–water partition coefficient (Wildman–Crippen LogP) is 7.60. The summed E-state index contributed by atoms with van der Waals surface area (Å²) in [5.74, 6) is 2.36. The van der Waals surface area contributed by atoms with Crippen molar-refractivity contribution in [2.75, 3.05) is 0 Å². The van der Waals surface area contributed by atoms with Crippen LogP contribution in [-0.2, 0) is 12.8 Å². The summed E-state index contributed by atoms with van der Waals surface area (Å²) < 4.78 is 0. The lowest BCUT2D eigenvalue weighted by Gasteiger charge is -2.21. The standard InChI is InChI=1S/C27H40O2/c1-6-7-8-25(21-13-15-26(28)23(17-21)11-9-19(2)3)22-14-16-27(29)24(18-22)12-10-20(4)5/h13-20,25,28-29H,6-12H2,1-5H3. The Kier molecular flexibility index (Phi) is 9.07. The predicted molar refractivity (Wildman–Crippen MR) is 124 cm³/mol. The number of phenols is 2. The van der Waals surface area contributed by atoms with Crippen molar-refractivity contribution in [3.8, 4) is 11.5 Å². The normalized spacial score (nSPS) is 11.7. The Hall–Kier alpha value is -1.96. The number of unbranched alkanes of at least 4 members (excludes halogenated alkanes) is 1. The highest BCUT2D eigenvalue weighted by Crippen LogP contribution is 2.35. The molecule has 0 unspecified atom stereocenters. The topological polar surface area (TPSA) is 40.5 Å². The molecule has 0 radical (unpaired) electrons. The molecule has 0 amide bonds. The zero-order valence-electron chi connectivity index (χ0n) is 19.0. The fourth-order valence-electron chi connectivity index (χ4n) is 3.87. The molecule has 2 heteroatoms. The summed E-state index contributed by atoms with van der Waals surface area (Å²) >= 11 is 0. The fourth-order valence-corrected chi connectivity index (χ4v) is 3.87. The van der Waals surface area contributed by atoms with Crippen LogP contribution in [0.4, 0.5) is 0 Å². The van der Waals surface area contributed by atoms with Gasteiger partial charge >= 0.3 is 0 Å². The lowest BCUT2D eigenvalue weighted by Crippen LogP contribution is -2.04. The lowest BCUT2D eigenvalue weighted by molar-refractivity contribution is 0.462. The molecule has 0 fully saturated rings. The summed E-state index contributed by atoms with van der Waals surface area (Å²) in [5, 5.41) is 20.7. The van der Waals surface area contributed by atoms with Gasteiger partial charge in [0.05, 0.1) is 0 Å². The molecule has 2 aromatic carbocycles. The van der Waals surface area contributed by atoms with Crippen LogP contribution in [0, 0.1) is 11.8 Å². The van der Waals surface area contributed by atoms with E-state index in [1.165, 1.54) is 11.1 Å². The van der Waals surface area contributed by atoms with E-state index < -0.39 is 0 Å². The highest BCUT2D eigenvalue weighted by Gasteiger charge is 2.17. The fraction of sp³-hybridized carbons (Fsp3) is 0.556. The first kappa shape index (κ1) is 23.3. The van der Waals surface area contributed by atoms with Crippen molar-refractivity contribution in [3.05, 3.63) is 58.7 Å². The third-order valence-electron chi connectivity index (χ3n) is 5.84. The molecule has 2 nitrogen and oxygen atoms in total. The van der Waals surface area contributed by atoms with Crippen LogP contribution in [0.25, 0.3) is 0 Å². The molecule has 2 rings (SSSR count). The summed E-state index contributed by atoms with van der Waals surface area (Å²) in [6, 6.07) is 12.3. The number of phenolic OH excluding ortho intramolecular Hbond substituents is 2. The molecular formula is C27H40O2. The molecule has 0 saturated carbocycles. The van der Waals surface area contributed by atoms with Crippen LogP contribution in [0.2, 0.25) is 0 Å². The first-order valence-corrected chi connectivity index (χ1v) is 11.4. The Morgan fingerprint density at radius 2 is 1.14 bits per heavy atom. The SMILES string of the molecule is CCCCC(c1ccc(O)c(CCC(C)C)c1)c1ccc(O)c(CCC(C)C)c1. The van der Waals surface area contributed by atoms with Crippen molar-refractivity contribution in [3.63, 3.8) is 0 Å². The van der Waals surface area contributed by atoms with Gasteiger partial charge < -0.3 is 10.2 Å². The number of hydrogen-bond acceptors (Lipinski definition) is 2. The number of aromatic hydroxyl groups is 2. The molecule has 0 bridgehead atoms. The zero-order chi connectivity index (χ0) is 21.4.